The van der Waals surface area contributed by atoms with E-state index in [1.165, 1.54) is 32.1 Å². The maximum atomic E-state index is 11.8. The molecule has 0 aliphatic heterocycles. The van der Waals surface area contributed by atoms with Crippen LogP contribution < -0.4 is 5.32 Å². The molecule has 0 aromatic heterocycles. The van der Waals surface area contributed by atoms with Gasteiger partial charge in [-0.15, -0.1) is 0 Å². The number of alkyl halides is 3. The van der Waals surface area contributed by atoms with E-state index in [2.05, 4.69) is 5.32 Å². The highest BCUT2D eigenvalue weighted by Gasteiger charge is 2.25. The molecule has 0 bridgehead atoms. The number of hydrogen-bond acceptors (Lipinski definition) is 2. The van der Waals surface area contributed by atoms with Gasteiger partial charge in [0.1, 0.15) is 0 Å². The molecule has 0 amide bonds. The summed E-state index contributed by atoms with van der Waals surface area (Å²) in [5.74, 6) is 0. The van der Waals surface area contributed by atoms with Crippen LogP contribution >= 0.6 is 0 Å². The fourth-order valence-electron chi connectivity index (χ4n) is 2.26. The summed E-state index contributed by atoms with van der Waals surface area (Å²) in [6.45, 7) is 1.67. The predicted octanol–water partition coefficient (Wildman–Crippen LogP) is 3.66. The van der Waals surface area contributed by atoms with Gasteiger partial charge in [0.15, 0.2) is 0 Å². The lowest BCUT2D eigenvalue weighted by Crippen LogP contribution is -2.32. The van der Waals surface area contributed by atoms with Gasteiger partial charge in [-0.05, 0) is 32.2 Å². The second-order valence-corrected chi connectivity index (χ2v) is 4.97. The number of halogens is 3. The van der Waals surface area contributed by atoms with E-state index in [4.69, 9.17) is 4.74 Å². The lowest BCUT2D eigenvalue weighted by atomic mass is 9.95. The van der Waals surface area contributed by atoms with Gasteiger partial charge >= 0.3 is 6.18 Å². The van der Waals surface area contributed by atoms with E-state index in [1.54, 1.807) is 0 Å². The van der Waals surface area contributed by atoms with E-state index in [9.17, 15) is 13.2 Å². The average Bonchev–Trinajstić information content (AvgIpc) is 2.32. The zero-order valence-corrected chi connectivity index (χ0v) is 10.9. The summed E-state index contributed by atoms with van der Waals surface area (Å²) in [7, 11) is 0. The van der Waals surface area contributed by atoms with Crippen molar-refractivity contribution in [2.24, 2.45) is 0 Å². The molecule has 1 saturated carbocycles. The zero-order chi connectivity index (χ0) is 13.3. The van der Waals surface area contributed by atoms with Crippen LogP contribution in [0, 0.1) is 0 Å². The Hall–Kier alpha value is -0.290. The summed E-state index contributed by atoms with van der Waals surface area (Å²) in [4.78, 5) is 0. The molecule has 0 aromatic rings. The van der Waals surface area contributed by atoms with Crippen molar-refractivity contribution in [1.29, 1.82) is 0 Å². The highest BCUT2D eigenvalue weighted by atomic mass is 19.4. The molecule has 1 aliphatic rings. The summed E-state index contributed by atoms with van der Waals surface area (Å²) in [6.07, 6.45) is 2.64. The van der Waals surface area contributed by atoms with E-state index >= 15 is 0 Å². The van der Waals surface area contributed by atoms with Gasteiger partial charge in [-0.2, -0.15) is 13.2 Å². The van der Waals surface area contributed by atoms with Crippen molar-refractivity contribution in [3.63, 3.8) is 0 Å². The van der Waals surface area contributed by atoms with Crippen LogP contribution in [0.2, 0.25) is 0 Å². The first-order valence-corrected chi connectivity index (χ1v) is 6.96. The summed E-state index contributed by atoms with van der Waals surface area (Å²) in [5, 5.41) is 3.48. The second kappa shape index (κ2) is 8.75. The number of hydrogen-bond donors (Lipinski definition) is 1. The number of ether oxygens (including phenoxy) is 1. The van der Waals surface area contributed by atoms with Crippen molar-refractivity contribution in [2.75, 3.05) is 19.8 Å². The molecule has 0 spiro atoms. The Balaban J connectivity index is 1.81. The van der Waals surface area contributed by atoms with Crippen molar-refractivity contribution < 1.29 is 17.9 Å². The molecule has 0 aromatic carbocycles. The van der Waals surface area contributed by atoms with E-state index in [0.717, 1.165) is 13.0 Å². The molecule has 5 heteroatoms. The van der Waals surface area contributed by atoms with Crippen molar-refractivity contribution in [3.8, 4) is 0 Å². The first-order chi connectivity index (χ1) is 8.58. The van der Waals surface area contributed by atoms with Crippen LogP contribution in [0.1, 0.15) is 51.4 Å². The minimum Gasteiger partial charge on any atom is -0.381 e. The largest absolute Gasteiger partial charge is 0.389 e. The topological polar surface area (TPSA) is 21.3 Å². The Morgan fingerprint density at radius 3 is 2.33 bits per heavy atom. The SMILES string of the molecule is FC(F)(F)CCCOCCCNC1CCCCC1. The maximum absolute atomic E-state index is 11.8. The molecule has 0 radical (unpaired) electrons. The third kappa shape index (κ3) is 8.75. The summed E-state index contributed by atoms with van der Waals surface area (Å²) >= 11 is 0. The summed E-state index contributed by atoms with van der Waals surface area (Å²) in [6, 6.07) is 0.643. The quantitative estimate of drug-likeness (QED) is 0.678. The molecule has 1 fully saturated rings. The molecule has 0 heterocycles. The van der Waals surface area contributed by atoms with Crippen LogP contribution in [0.5, 0.6) is 0 Å². The lowest BCUT2D eigenvalue weighted by Gasteiger charge is -2.22. The van der Waals surface area contributed by atoms with Crippen molar-refractivity contribution >= 4 is 0 Å². The van der Waals surface area contributed by atoms with Crippen molar-refractivity contribution in [2.45, 2.75) is 63.6 Å². The monoisotopic (exact) mass is 267 g/mol. The Morgan fingerprint density at radius 1 is 1.00 bits per heavy atom. The molecule has 1 aliphatic carbocycles. The van der Waals surface area contributed by atoms with Crippen LogP contribution in [-0.2, 0) is 4.74 Å². The molecule has 18 heavy (non-hydrogen) atoms. The van der Waals surface area contributed by atoms with E-state index < -0.39 is 12.6 Å². The molecule has 108 valence electrons. The molecular weight excluding hydrogens is 243 g/mol. The molecular formula is C13H24F3NO. The Labute approximate surface area is 107 Å². The first kappa shape index (κ1) is 15.8. The summed E-state index contributed by atoms with van der Waals surface area (Å²) in [5.41, 5.74) is 0. The highest BCUT2D eigenvalue weighted by Crippen LogP contribution is 2.21. The number of rotatable bonds is 8. The second-order valence-electron chi connectivity index (χ2n) is 4.97. The fraction of sp³-hybridized carbons (Fsp3) is 1.00. The molecule has 1 rings (SSSR count). The Bertz CT molecular complexity index is 203. The smallest absolute Gasteiger partial charge is 0.381 e. The van der Waals surface area contributed by atoms with E-state index in [1.807, 2.05) is 0 Å². The molecule has 0 atom stereocenters. The first-order valence-electron chi connectivity index (χ1n) is 6.96. The molecule has 0 saturated heterocycles. The lowest BCUT2D eigenvalue weighted by molar-refractivity contribution is -0.137. The summed E-state index contributed by atoms with van der Waals surface area (Å²) < 4.78 is 40.7. The maximum Gasteiger partial charge on any atom is 0.389 e. The minimum atomic E-state index is -4.05. The van der Waals surface area contributed by atoms with Gasteiger partial charge < -0.3 is 10.1 Å². The minimum absolute atomic E-state index is 0.0690. The van der Waals surface area contributed by atoms with Crippen molar-refractivity contribution in [1.82, 2.24) is 5.32 Å². The van der Waals surface area contributed by atoms with Crippen LogP contribution in [0.4, 0.5) is 13.2 Å². The molecule has 2 nitrogen and oxygen atoms in total. The Morgan fingerprint density at radius 2 is 1.67 bits per heavy atom. The van der Waals surface area contributed by atoms with Gasteiger partial charge in [-0.1, -0.05) is 19.3 Å². The van der Waals surface area contributed by atoms with E-state index in [-0.39, 0.29) is 13.0 Å². The Kier molecular flexibility index (Phi) is 7.66. The van der Waals surface area contributed by atoms with Gasteiger partial charge in [0.2, 0.25) is 0 Å². The molecule has 1 N–H and O–H groups in total. The highest BCUT2D eigenvalue weighted by molar-refractivity contribution is 4.71. The van der Waals surface area contributed by atoms with Gasteiger partial charge in [0, 0.05) is 25.7 Å². The van der Waals surface area contributed by atoms with Crippen LogP contribution in [0.15, 0.2) is 0 Å². The predicted molar refractivity (Wildman–Crippen MR) is 65.6 cm³/mol. The van der Waals surface area contributed by atoms with Crippen LogP contribution in [-0.4, -0.2) is 32.0 Å². The normalized spacial score (nSPS) is 18.2. The van der Waals surface area contributed by atoms with Crippen molar-refractivity contribution in [3.05, 3.63) is 0 Å². The van der Waals surface area contributed by atoms with E-state index in [0.29, 0.717) is 12.6 Å². The van der Waals surface area contributed by atoms with Gasteiger partial charge in [-0.3, -0.25) is 0 Å². The van der Waals surface area contributed by atoms with Crippen LogP contribution in [0.25, 0.3) is 0 Å². The van der Waals surface area contributed by atoms with Gasteiger partial charge in [-0.25, -0.2) is 0 Å². The van der Waals surface area contributed by atoms with Crippen LogP contribution in [0.3, 0.4) is 0 Å². The fourth-order valence-corrected chi connectivity index (χ4v) is 2.26. The number of nitrogens with one attached hydrogen (secondary N) is 1. The van der Waals surface area contributed by atoms with Gasteiger partial charge in [0.05, 0.1) is 0 Å². The zero-order valence-electron chi connectivity index (χ0n) is 10.9. The third-order valence-electron chi connectivity index (χ3n) is 3.25. The molecule has 0 unspecified atom stereocenters. The average molecular weight is 267 g/mol. The standard InChI is InChI=1S/C13H24F3NO/c14-13(15,16)8-4-10-18-11-5-9-17-12-6-2-1-3-7-12/h12,17H,1-11H2. The van der Waals surface area contributed by atoms with Gasteiger partial charge in [0.25, 0.3) is 0 Å². The third-order valence-corrected chi connectivity index (χ3v) is 3.25.